The number of carbonyl (C=O) groups excluding carboxylic acids is 1. The molecule has 0 aromatic heterocycles. The molecule has 0 atom stereocenters. The topological polar surface area (TPSA) is 84.9 Å². The number of carboxylic acid groups (broad SMARTS) is 1. The number of benzene rings is 1. The zero-order valence-corrected chi connectivity index (χ0v) is 12.6. The summed E-state index contributed by atoms with van der Waals surface area (Å²) < 4.78 is 10.5. The first-order valence-electron chi connectivity index (χ1n) is 7.28. The number of hydrogen-bond acceptors (Lipinski definition) is 4. The van der Waals surface area contributed by atoms with Gasteiger partial charge in [0.1, 0.15) is 5.75 Å². The number of rotatable bonds is 8. The molecule has 1 aromatic rings. The zero-order chi connectivity index (χ0) is 16.0. The quantitative estimate of drug-likeness (QED) is 0.764. The Balaban J connectivity index is 1.82. The Morgan fingerprint density at radius 3 is 2.73 bits per heavy atom. The fourth-order valence-corrected chi connectivity index (χ4v) is 2.47. The number of ether oxygens (including phenoxy) is 2. The van der Waals surface area contributed by atoms with Crippen LogP contribution in [0.2, 0.25) is 0 Å². The molecular weight excluding hydrogens is 286 g/mol. The van der Waals surface area contributed by atoms with Crippen LogP contribution in [-0.4, -0.2) is 36.3 Å². The van der Waals surface area contributed by atoms with E-state index in [1.807, 2.05) is 6.07 Å². The van der Waals surface area contributed by atoms with Crippen molar-refractivity contribution in [1.82, 2.24) is 5.32 Å². The van der Waals surface area contributed by atoms with Gasteiger partial charge in [-0.2, -0.15) is 0 Å². The second-order valence-corrected chi connectivity index (χ2v) is 5.52. The van der Waals surface area contributed by atoms with Gasteiger partial charge in [0.2, 0.25) is 5.91 Å². The first kappa shape index (κ1) is 16.3. The first-order valence-corrected chi connectivity index (χ1v) is 7.28. The molecule has 120 valence electrons. The average Bonchev–Trinajstić information content (AvgIpc) is 2.47. The number of methoxy groups -OCH3 is 1. The second kappa shape index (κ2) is 7.26. The number of carboxylic acids is 1. The maximum Gasteiger partial charge on any atom is 0.341 e. The number of carbonyl (C=O) groups is 2. The Hall–Kier alpha value is -2.08. The maximum atomic E-state index is 12.0. The van der Waals surface area contributed by atoms with Crippen LogP contribution in [0, 0.1) is 0 Å². The van der Waals surface area contributed by atoms with Gasteiger partial charge in [-0.1, -0.05) is 12.1 Å². The molecular formula is C16H21NO5. The van der Waals surface area contributed by atoms with Gasteiger partial charge in [0.15, 0.2) is 6.61 Å². The highest BCUT2D eigenvalue weighted by Crippen LogP contribution is 2.37. The van der Waals surface area contributed by atoms with E-state index in [4.69, 9.17) is 14.6 Å². The van der Waals surface area contributed by atoms with Crippen LogP contribution < -0.4 is 10.1 Å². The summed E-state index contributed by atoms with van der Waals surface area (Å²) in [6.07, 6.45) is 3.33. The van der Waals surface area contributed by atoms with Crippen molar-refractivity contribution in [3.63, 3.8) is 0 Å². The number of amides is 1. The van der Waals surface area contributed by atoms with Gasteiger partial charge >= 0.3 is 5.97 Å². The van der Waals surface area contributed by atoms with Gasteiger partial charge in [0.05, 0.1) is 12.0 Å². The molecule has 0 heterocycles. The van der Waals surface area contributed by atoms with Gasteiger partial charge in [-0.15, -0.1) is 0 Å². The lowest BCUT2D eigenvalue weighted by molar-refractivity contribution is -0.139. The van der Waals surface area contributed by atoms with Gasteiger partial charge in [-0.05, 0) is 37.0 Å². The minimum absolute atomic E-state index is 0.0431. The molecule has 1 aliphatic rings. The molecule has 0 bridgehead atoms. The van der Waals surface area contributed by atoms with Crippen LogP contribution in [0.1, 0.15) is 31.2 Å². The molecule has 0 unspecified atom stereocenters. The smallest absolute Gasteiger partial charge is 0.341 e. The van der Waals surface area contributed by atoms with Crippen molar-refractivity contribution in [3.05, 3.63) is 29.8 Å². The molecule has 1 saturated carbocycles. The predicted molar refractivity (Wildman–Crippen MR) is 79.6 cm³/mol. The third kappa shape index (κ3) is 4.46. The SMILES string of the molecule is COC1(CC(=O)NCc2cccc(OCC(=O)O)c2)CCC1. The molecule has 0 radical (unpaired) electrons. The molecule has 0 aliphatic heterocycles. The summed E-state index contributed by atoms with van der Waals surface area (Å²) in [6, 6.07) is 7.02. The van der Waals surface area contributed by atoms with E-state index in [9.17, 15) is 9.59 Å². The van der Waals surface area contributed by atoms with Crippen molar-refractivity contribution in [3.8, 4) is 5.75 Å². The van der Waals surface area contributed by atoms with Gasteiger partial charge in [0, 0.05) is 13.7 Å². The van der Waals surface area contributed by atoms with E-state index in [1.165, 1.54) is 0 Å². The van der Waals surface area contributed by atoms with E-state index in [-0.39, 0.29) is 18.1 Å². The summed E-state index contributed by atoms with van der Waals surface area (Å²) in [7, 11) is 1.65. The van der Waals surface area contributed by atoms with E-state index in [0.29, 0.717) is 18.7 Å². The molecule has 0 saturated heterocycles. The van der Waals surface area contributed by atoms with Gasteiger partial charge < -0.3 is 19.9 Å². The fourth-order valence-electron chi connectivity index (χ4n) is 2.47. The van der Waals surface area contributed by atoms with E-state index < -0.39 is 5.97 Å². The van der Waals surface area contributed by atoms with E-state index >= 15 is 0 Å². The Morgan fingerprint density at radius 2 is 2.14 bits per heavy atom. The van der Waals surface area contributed by atoms with Crippen LogP contribution in [0.3, 0.4) is 0 Å². The van der Waals surface area contributed by atoms with Crippen LogP contribution >= 0.6 is 0 Å². The van der Waals surface area contributed by atoms with Gasteiger partial charge in [-0.25, -0.2) is 4.79 Å². The molecule has 6 nitrogen and oxygen atoms in total. The minimum atomic E-state index is -1.02. The van der Waals surface area contributed by atoms with E-state index in [1.54, 1.807) is 25.3 Å². The molecule has 0 spiro atoms. The average molecular weight is 307 g/mol. The van der Waals surface area contributed by atoms with Crippen molar-refractivity contribution >= 4 is 11.9 Å². The molecule has 6 heteroatoms. The molecule has 2 rings (SSSR count). The van der Waals surface area contributed by atoms with Crippen LogP contribution in [0.4, 0.5) is 0 Å². The van der Waals surface area contributed by atoms with Crippen LogP contribution in [0.5, 0.6) is 5.75 Å². The summed E-state index contributed by atoms with van der Waals surface area (Å²) >= 11 is 0. The Kier molecular flexibility index (Phi) is 5.38. The Labute approximate surface area is 129 Å². The Bertz CT molecular complexity index is 534. The number of hydrogen-bond donors (Lipinski definition) is 2. The maximum absolute atomic E-state index is 12.0. The first-order chi connectivity index (χ1) is 10.5. The summed E-state index contributed by atoms with van der Waals surface area (Å²) in [4.78, 5) is 22.5. The highest BCUT2D eigenvalue weighted by Gasteiger charge is 2.38. The second-order valence-electron chi connectivity index (χ2n) is 5.52. The highest BCUT2D eigenvalue weighted by atomic mass is 16.5. The van der Waals surface area contributed by atoms with Crippen LogP contribution in [-0.2, 0) is 20.9 Å². The predicted octanol–water partition coefficient (Wildman–Crippen LogP) is 1.73. The van der Waals surface area contributed by atoms with Crippen molar-refractivity contribution < 1.29 is 24.2 Å². The number of aliphatic carboxylic acids is 1. The van der Waals surface area contributed by atoms with Gasteiger partial charge in [0.25, 0.3) is 0 Å². The van der Waals surface area contributed by atoms with E-state index in [0.717, 1.165) is 24.8 Å². The van der Waals surface area contributed by atoms with Gasteiger partial charge in [-0.3, -0.25) is 4.79 Å². The molecule has 1 amide bonds. The fraction of sp³-hybridized carbons (Fsp3) is 0.500. The lowest BCUT2D eigenvalue weighted by Crippen LogP contribution is -2.43. The normalized spacial score (nSPS) is 15.7. The van der Waals surface area contributed by atoms with E-state index in [2.05, 4.69) is 5.32 Å². The highest BCUT2D eigenvalue weighted by molar-refractivity contribution is 5.77. The zero-order valence-electron chi connectivity index (χ0n) is 12.6. The summed E-state index contributed by atoms with van der Waals surface area (Å²) in [5, 5.41) is 11.4. The molecule has 22 heavy (non-hydrogen) atoms. The molecule has 2 N–H and O–H groups in total. The Morgan fingerprint density at radius 1 is 1.36 bits per heavy atom. The summed E-state index contributed by atoms with van der Waals surface area (Å²) in [6.45, 7) is -0.00489. The molecule has 1 fully saturated rings. The van der Waals surface area contributed by atoms with Crippen LogP contribution in [0.25, 0.3) is 0 Å². The van der Waals surface area contributed by atoms with Crippen molar-refractivity contribution in [2.75, 3.05) is 13.7 Å². The molecule has 1 aliphatic carbocycles. The third-order valence-corrected chi connectivity index (χ3v) is 3.93. The standard InChI is InChI=1S/C16H21NO5/c1-21-16(6-3-7-16)9-14(18)17-10-12-4-2-5-13(8-12)22-11-15(19)20/h2,4-5,8H,3,6-7,9-11H2,1H3,(H,17,18)(H,19,20). The summed E-state index contributed by atoms with van der Waals surface area (Å²) in [5.74, 6) is -0.594. The largest absolute Gasteiger partial charge is 0.482 e. The van der Waals surface area contributed by atoms with Crippen LogP contribution in [0.15, 0.2) is 24.3 Å². The van der Waals surface area contributed by atoms with Crippen molar-refractivity contribution in [2.45, 2.75) is 37.8 Å². The van der Waals surface area contributed by atoms with Crippen molar-refractivity contribution in [1.29, 1.82) is 0 Å². The lowest BCUT2D eigenvalue weighted by atomic mass is 9.77. The van der Waals surface area contributed by atoms with Crippen molar-refractivity contribution in [2.24, 2.45) is 0 Å². The lowest BCUT2D eigenvalue weighted by Gasteiger charge is -2.39. The summed E-state index contributed by atoms with van der Waals surface area (Å²) in [5.41, 5.74) is 0.576. The third-order valence-electron chi connectivity index (χ3n) is 3.93. The molecule has 1 aromatic carbocycles. The number of nitrogens with one attached hydrogen (secondary N) is 1. The minimum Gasteiger partial charge on any atom is -0.482 e. The monoisotopic (exact) mass is 307 g/mol.